The van der Waals surface area contributed by atoms with Crippen LogP contribution in [0, 0.1) is 0 Å². The van der Waals surface area contributed by atoms with E-state index in [4.69, 9.17) is 32.9 Å². The standard InChI is InChI=1S/C16H19Cl2N3O2/c1-15(2,23-12-4-3-10(17)9-11(12)18)13-20-14(22)16(21-13)5-7-19-8-6-16/h3-4,9,19H,5-8H2,1-2H3,(H,20,21,22). The molecule has 1 aromatic carbocycles. The smallest absolute Gasteiger partial charge is 0.253 e. The predicted octanol–water partition coefficient (Wildman–Crippen LogP) is 2.80. The van der Waals surface area contributed by atoms with Crippen molar-refractivity contribution < 1.29 is 9.53 Å². The minimum absolute atomic E-state index is 0.0483. The van der Waals surface area contributed by atoms with Crippen molar-refractivity contribution in [3.05, 3.63) is 28.2 Å². The van der Waals surface area contributed by atoms with Gasteiger partial charge in [-0.05, 0) is 58.0 Å². The second-order valence-corrected chi connectivity index (χ2v) is 7.23. The van der Waals surface area contributed by atoms with E-state index in [9.17, 15) is 4.79 Å². The molecule has 0 radical (unpaired) electrons. The third-order valence-electron chi connectivity index (χ3n) is 4.24. The summed E-state index contributed by atoms with van der Waals surface area (Å²) in [6, 6.07) is 5.05. The van der Waals surface area contributed by atoms with Gasteiger partial charge in [0.25, 0.3) is 5.91 Å². The molecule has 0 aromatic heterocycles. The Balaban J connectivity index is 1.84. The predicted molar refractivity (Wildman–Crippen MR) is 91.6 cm³/mol. The van der Waals surface area contributed by atoms with Crippen LogP contribution in [0.2, 0.25) is 10.0 Å². The van der Waals surface area contributed by atoms with Crippen molar-refractivity contribution in [2.24, 2.45) is 4.99 Å². The van der Waals surface area contributed by atoms with Gasteiger partial charge in [-0.2, -0.15) is 0 Å². The van der Waals surface area contributed by atoms with E-state index in [1.165, 1.54) is 0 Å². The molecule has 124 valence electrons. The van der Waals surface area contributed by atoms with E-state index in [0.717, 1.165) is 13.1 Å². The maximum Gasteiger partial charge on any atom is 0.253 e. The third-order valence-corrected chi connectivity index (χ3v) is 4.77. The van der Waals surface area contributed by atoms with Crippen LogP contribution in [0.1, 0.15) is 26.7 Å². The average Bonchev–Trinajstić information content (AvgIpc) is 2.81. The number of benzene rings is 1. The van der Waals surface area contributed by atoms with E-state index in [-0.39, 0.29) is 5.91 Å². The molecule has 2 heterocycles. The van der Waals surface area contributed by atoms with Crippen molar-refractivity contribution >= 4 is 34.9 Å². The van der Waals surface area contributed by atoms with Gasteiger partial charge >= 0.3 is 0 Å². The van der Waals surface area contributed by atoms with Crippen LogP contribution < -0.4 is 15.4 Å². The fourth-order valence-corrected chi connectivity index (χ4v) is 3.31. The van der Waals surface area contributed by atoms with Gasteiger partial charge in [0.1, 0.15) is 17.1 Å². The van der Waals surface area contributed by atoms with Crippen molar-refractivity contribution in [1.82, 2.24) is 10.6 Å². The van der Waals surface area contributed by atoms with Gasteiger partial charge in [-0.3, -0.25) is 9.79 Å². The number of rotatable bonds is 3. The Morgan fingerprint density at radius 2 is 1.96 bits per heavy atom. The molecule has 1 spiro atoms. The highest BCUT2D eigenvalue weighted by Gasteiger charge is 2.47. The van der Waals surface area contributed by atoms with E-state index in [1.54, 1.807) is 18.2 Å². The molecule has 0 atom stereocenters. The van der Waals surface area contributed by atoms with Gasteiger partial charge in [-0.15, -0.1) is 0 Å². The summed E-state index contributed by atoms with van der Waals surface area (Å²) in [5.74, 6) is 0.993. The summed E-state index contributed by atoms with van der Waals surface area (Å²) in [7, 11) is 0. The highest BCUT2D eigenvalue weighted by molar-refractivity contribution is 6.35. The molecule has 1 amide bonds. The van der Waals surface area contributed by atoms with Crippen molar-refractivity contribution in [3.8, 4) is 5.75 Å². The molecule has 0 saturated carbocycles. The van der Waals surface area contributed by atoms with Gasteiger partial charge in [-0.25, -0.2) is 0 Å². The topological polar surface area (TPSA) is 62.7 Å². The van der Waals surface area contributed by atoms with Crippen LogP contribution in [-0.2, 0) is 4.79 Å². The van der Waals surface area contributed by atoms with Gasteiger partial charge in [0.05, 0.1) is 5.02 Å². The molecule has 5 nitrogen and oxygen atoms in total. The zero-order chi connectivity index (χ0) is 16.7. The zero-order valence-corrected chi connectivity index (χ0v) is 14.6. The van der Waals surface area contributed by atoms with Crippen molar-refractivity contribution in [2.75, 3.05) is 13.1 Å². The first-order chi connectivity index (χ1) is 10.8. The zero-order valence-electron chi connectivity index (χ0n) is 13.1. The number of carbonyl (C=O) groups is 1. The number of halogens is 2. The quantitative estimate of drug-likeness (QED) is 0.876. The lowest BCUT2D eigenvalue weighted by molar-refractivity contribution is -0.124. The van der Waals surface area contributed by atoms with Crippen LogP contribution in [-0.4, -0.2) is 36.0 Å². The molecular weight excluding hydrogens is 337 g/mol. The highest BCUT2D eigenvalue weighted by Crippen LogP contribution is 2.33. The largest absolute Gasteiger partial charge is 0.478 e. The van der Waals surface area contributed by atoms with E-state index < -0.39 is 11.1 Å². The molecule has 2 aliphatic heterocycles. The second-order valence-electron chi connectivity index (χ2n) is 6.38. The molecule has 0 unspecified atom stereocenters. The van der Waals surface area contributed by atoms with Crippen molar-refractivity contribution in [3.63, 3.8) is 0 Å². The Morgan fingerprint density at radius 1 is 1.26 bits per heavy atom. The molecule has 23 heavy (non-hydrogen) atoms. The van der Waals surface area contributed by atoms with Crippen LogP contribution in [0.4, 0.5) is 0 Å². The van der Waals surface area contributed by atoms with Gasteiger partial charge in [0, 0.05) is 5.02 Å². The minimum atomic E-state index is -0.804. The molecule has 2 N–H and O–H groups in total. The maximum atomic E-state index is 12.4. The Hall–Kier alpha value is -1.30. The summed E-state index contributed by atoms with van der Waals surface area (Å²) in [6.45, 7) is 5.29. The van der Waals surface area contributed by atoms with Crippen molar-refractivity contribution in [2.45, 2.75) is 37.8 Å². The normalized spacial score (nSPS) is 20.3. The van der Waals surface area contributed by atoms with Crippen molar-refractivity contribution in [1.29, 1.82) is 0 Å². The number of nitrogens with one attached hydrogen (secondary N) is 2. The first-order valence-electron chi connectivity index (χ1n) is 7.59. The minimum Gasteiger partial charge on any atom is -0.478 e. The Bertz CT molecular complexity index is 667. The monoisotopic (exact) mass is 355 g/mol. The molecule has 0 bridgehead atoms. The van der Waals surface area contributed by atoms with E-state index in [0.29, 0.717) is 34.5 Å². The number of ether oxygens (including phenoxy) is 1. The first kappa shape index (κ1) is 16.6. The van der Waals surface area contributed by atoms with Gasteiger partial charge < -0.3 is 15.4 Å². The van der Waals surface area contributed by atoms with Gasteiger partial charge in [0.2, 0.25) is 0 Å². The number of hydrogen-bond acceptors (Lipinski definition) is 4. The summed E-state index contributed by atoms with van der Waals surface area (Å²) in [6.07, 6.45) is 1.39. The number of aliphatic imine (C=N–C) groups is 1. The molecule has 2 aliphatic rings. The number of carbonyl (C=O) groups excluding carboxylic acids is 1. The number of piperidine rings is 1. The molecule has 1 fully saturated rings. The third kappa shape index (κ3) is 3.18. The van der Waals surface area contributed by atoms with E-state index in [1.807, 2.05) is 13.8 Å². The lowest BCUT2D eigenvalue weighted by atomic mass is 9.89. The molecule has 7 heteroatoms. The maximum absolute atomic E-state index is 12.4. The summed E-state index contributed by atoms with van der Waals surface area (Å²) >= 11 is 12.1. The molecule has 1 aromatic rings. The van der Waals surface area contributed by atoms with Crippen LogP contribution in [0.3, 0.4) is 0 Å². The summed E-state index contributed by atoms with van der Waals surface area (Å²) < 4.78 is 6.00. The summed E-state index contributed by atoms with van der Waals surface area (Å²) in [5, 5.41) is 7.11. The number of amides is 1. The molecule has 0 aliphatic carbocycles. The van der Waals surface area contributed by atoms with Crippen LogP contribution >= 0.6 is 23.2 Å². The van der Waals surface area contributed by atoms with Gasteiger partial charge in [0.15, 0.2) is 5.60 Å². The molecular formula is C16H19Cl2N3O2. The molecule has 3 rings (SSSR count). The fourth-order valence-electron chi connectivity index (χ4n) is 2.86. The average molecular weight is 356 g/mol. The second kappa shape index (κ2) is 5.96. The Kier molecular flexibility index (Phi) is 4.29. The number of nitrogens with zero attached hydrogens (tertiary/aromatic N) is 1. The summed E-state index contributed by atoms with van der Waals surface area (Å²) in [4.78, 5) is 17.1. The highest BCUT2D eigenvalue weighted by atomic mass is 35.5. The molecule has 1 saturated heterocycles. The number of hydrogen-bond donors (Lipinski definition) is 2. The first-order valence-corrected chi connectivity index (χ1v) is 8.35. The van der Waals surface area contributed by atoms with Crippen LogP contribution in [0.5, 0.6) is 5.75 Å². The van der Waals surface area contributed by atoms with Crippen LogP contribution in [0.15, 0.2) is 23.2 Å². The summed E-state index contributed by atoms with van der Waals surface area (Å²) in [5.41, 5.74) is -1.47. The lowest BCUT2D eigenvalue weighted by Crippen LogP contribution is -2.49. The van der Waals surface area contributed by atoms with Crippen LogP contribution in [0.25, 0.3) is 0 Å². The number of amidine groups is 1. The van der Waals surface area contributed by atoms with Gasteiger partial charge in [-0.1, -0.05) is 23.2 Å². The van der Waals surface area contributed by atoms with E-state index >= 15 is 0 Å². The SMILES string of the molecule is CC(C)(Oc1ccc(Cl)cc1Cl)C1=NC2(CCNCC2)C(=O)N1. The Labute approximate surface area is 145 Å². The Morgan fingerprint density at radius 3 is 2.61 bits per heavy atom. The fraction of sp³-hybridized carbons (Fsp3) is 0.500. The van der Waals surface area contributed by atoms with E-state index in [2.05, 4.69) is 10.6 Å². The lowest BCUT2D eigenvalue weighted by Gasteiger charge is -2.28.